The fourth-order valence-electron chi connectivity index (χ4n) is 5.23. The van der Waals surface area contributed by atoms with Gasteiger partial charge in [0.25, 0.3) is 5.91 Å². The first-order valence-electron chi connectivity index (χ1n) is 12.7. The molecule has 3 aromatic rings. The van der Waals surface area contributed by atoms with Crippen molar-refractivity contribution in [3.63, 3.8) is 0 Å². The molecule has 0 saturated carbocycles. The highest BCUT2D eigenvalue weighted by molar-refractivity contribution is 8.00. The van der Waals surface area contributed by atoms with Crippen LogP contribution in [0.15, 0.2) is 72.8 Å². The van der Waals surface area contributed by atoms with Crippen LogP contribution in [0.5, 0.6) is 0 Å². The highest BCUT2D eigenvalue weighted by Gasteiger charge is 2.42. The van der Waals surface area contributed by atoms with Crippen molar-refractivity contribution in [1.29, 1.82) is 0 Å². The predicted molar refractivity (Wildman–Crippen MR) is 159 cm³/mol. The lowest BCUT2D eigenvalue weighted by atomic mass is 9.93. The first-order valence-corrected chi connectivity index (χ1v) is 16.3. The molecular weight excluding hydrogens is 593 g/mol. The minimum Gasteiger partial charge on any atom is -0.356 e. The summed E-state index contributed by atoms with van der Waals surface area (Å²) in [6.45, 7) is 0.909. The molecule has 2 aliphatic rings. The van der Waals surface area contributed by atoms with E-state index in [1.807, 2.05) is 48.5 Å². The third-order valence-corrected chi connectivity index (χ3v) is 10.0. The van der Waals surface area contributed by atoms with E-state index in [1.165, 1.54) is 10.4 Å². The van der Waals surface area contributed by atoms with Gasteiger partial charge in [-0.05, 0) is 60.0 Å². The minimum absolute atomic E-state index is 0.134. The van der Waals surface area contributed by atoms with Crippen LogP contribution in [0, 0.1) is 0 Å². The summed E-state index contributed by atoms with van der Waals surface area (Å²) in [5.41, 5.74) is 2.64. The summed E-state index contributed by atoms with van der Waals surface area (Å²) in [5, 5.41) is 22.0. The highest BCUT2D eigenvalue weighted by Crippen LogP contribution is 2.37. The molecule has 2 fully saturated rings. The molecule has 40 heavy (non-hydrogen) atoms. The van der Waals surface area contributed by atoms with Crippen molar-refractivity contribution in [2.45, 2.75) is 29.7 Å². The molecular formula is C28H29Cl2N3O5S2. The van der Waals surface area contributed by atoms with Gasteiger partial charge in [0.05, 0.1) is 30.1 Å². The molecule has 1 amide bonds. The van der Waals surface area contributed by atoms with Crippen molar-refractivity contribution >= 4 is 56.6 Å². The maximum Gasteiger partial charge on any atom is 0.251 e. The molecule has 1 unspecified atom stereocenters. The van der Waals surface area contributed by atoms with Crippen LogP contribution in [-0.4, -0.2) is 71.7 Å². The molecule has 3 N–H and O–H groups in total. The number of nitrogens with one attached hydrogen (secondary N) is 1. The SMILES string of the molecule is CS(=O)(=O)N(c1cccc(C(=O)NC2CCSC2(O)O)c1)C1CN(C(c2ccc(Cl)cc2)c2ccc(Cl)cc2)C1. The zero-order valence-corrected chi connectivity index (χ0v) is 24.7. The molecule has 0 bridgehead atoms. The van der Waals surface area contributed by atoms with Gasteiger partial charge in [0.15, 0.2) is 0 Å². The zero-order valence-electron chi connectivity index (χ0n) is 21.6. The van der Waals surface area contributed by atoms with E-state index < -0.39 is 27.1 Å². The average Bonchev–Trinajstić information content (AvgIpc) is 3.21. The summed E-state index contributed by atoms with van der Waals surface area (Å²) < 4.78 is 27.4. The van der Waals surface area contributed by atoms with Gasteiger partial charge in [-0.2, -0.15) is 0 Å². The summed E-state index contributed by atoms with van der Waals surface area (Å²) in [6, 6.07) is 20.2. The number of rotatable bonds is 8. The van der Waals surface area contributed by atoms with Crippen LogP contribution in [0.3, 0.4) is 0 Å². The van der Waals surface area contributed by atoms with Crippen LogP contribution >= 0.6 is 35.0 Å². The topological polar surface area (TPSA) is 110 Å². The Morgan fingerprint density at radius 2 is 1.60 bits per heavy atom. The maximum absolute atomic E-state index is 13.0. The minimum atomic E-state index is -3.69. The number of amides is 1. The van der Waals surface area contributed by atoms with Crippen LogP contribution in [0.25, 0.3) is 0 Å². The van der Waals surface area contributed by atoms with Gasteiger partial charge in [0.2, 0.25) is 15.1 Å². The molecule has 3 aromatic carbocycles. The lowest BCUT2D eigenvalue weighted by Gasteiger charge is -2.48. The number of benzene rings is 3. The van der Waals surface area contributed by atoms with E-state index in [4.69, 9.17) is 23.2 Å². The average molecular weight is 623 g/mol. The molecule has 212 valence electrons. The quantitative estimate of drug-likeness (QED) is 0.325. The van der Waals surface area contributed by atoms with E-state index in [9.17, 15) is 23.4 Å². The standard InChI is InChI=1S/C28H29Cl2N3O5S2/c1-40(37,38)33(23-4-2-3-20(15-23)27(34)31-25-13-14-39-28(25,35)36)24-16-32(17-24)26(18-5-9-21(29)10-6-18)19-7-11-22(30)12-8-19/h2-12,15,24-26,35-36H,13-14,16-17H2,1H3,(H,31,34). The number of thioether (sulfide) groups is 1. The van der Waals surface area contributed by atoms with Gasteiger partial charge in [-0.1, -0.05) is 65.3 Å². The van der Waals surface area contributed by atoms with Crippen molar-refractivity contribution in [3.8, 4) is 0 Å². The number of carbonyl (C=O) groups excluding carboxylic acids is 1. The van der Waals surface area contributed by atoms with Gasteiger partial charge in [-0.3, -0.25) is 14.0 Å². The van der Waals surface area contributed by atoms with Crippen LogP contribution in [0.1, 0.15) is 33.9 Å². The highest BCUT2D eigenvalue weighted by atomic mass is 35.5. The van der Waals surface area contributed by atoms with E-state index in [2.05, 4.69) is 10.2 Å². The summed E-state index contributed by atoms with van der Waals surface area (Å²) >= 11 is 13.2. The number of anilines is 1. The number of halogens is 2. The van der Waals surface area contributed by atoms with Crippen molar-refractivity contribution in [2.75, 3.05) is 29.4 Å². The Balaban J connectivity index is 1.38. The first-order chi connectivity index (χ1) is 18.9. The molecule has 12 heteroatoms. The molecule has 8 nitrogen and oxygen atoms in total. The Morgan fingerprint density at radius 3 is 2.10 bits per heavy atom. The molecule has 2 heterocycles. The zero-order chi connectivity index (χ0) is 28.7. The smallest absolute Gasteiger partial charge is 0.251 e. The van der Waals surface area contributed by atoms with Gasteiger partial charge in [-0.15, -0.1) is 0 Å². The lowest BCUT2D eigenvalue weighted by molar-refractivity contribution is -0.0943. The summed E-state index contributed by atoms with van der Waals surface area (Å²) in [5.74, 6) is 0.00136. The van der Waals surface area contributed by atoms with Gasteiger partial charge in [-0.25, -0.2) is 8.42 Å². The fourth-order valence-corrected chi connectivity index (χ4v) is 7.69. The van der Waals surface area contributed by atoms with Gasteiger partial charge >= 0.3 is 0 Å². The normalized spacial score (nSPS) is 19.4. The third-order valence-electron chi connectivity index (χ3n) is 7.16. The van der Waals surface area contributed by atoms with Gasteiger partial charge < -0.3 is 15.5 Å². The summed E-state index contributed by atoms with van der Waals surface area (Å²) in [6.07, 6.45) is 1.57. The van der Waals surface area contributed by atoms with Crippen molar-refractivity contribution in [2.24, 2.45) is 0 Å². The predicted octanol–water partition coefficient (Wildman–Crippen LogP) is 4.11. The van der Waals surface area contributed by atoms with E-state index in [0.29, 0.717) is 41.0 Å². The molecule has 2 aliphatic heterocycles. The Bertz CT molecular complexity index is 1440. The van der Waals surface area contributed by atoms with E-state index in [0.717, 1.165) is 29.1 Å². The summed E-state index contributed by atoms with van der Waals surface area (Å²) in [4.78, 5) is 15.1. The molecule has 0 aromatic heterocycles. The second kappa shape index (κ2) is 11.5. The van der Waals surface area contributed by atoms with Crippen molar-refractivity contribution in [1.82, 2.24) is 10.2 Å². The Morgan fingerprint density at radius 1 is 1.02 bits per heavy atom. The Hall–Kier alpha value is -2.31. The first kappa shape index (κ1) is 29.2. The second-order valence-corrected chi connectivity index (χ2v) is 14.1. The Labute approximate surface area is 247 Å². The van der Waals surface area contributed by atoms with Gasteiger partial charge in [0.1, 0.15) is 0 Å². The largest absolute Gasteiger partial charge is 0.356 e. The molecule has 0 spiro atoms. The summed E-state index contributed by atoms with van der Waals surface area (Å²) in [7, 11) is -3.69. The van der Waals surface area contributed by atoms with E-state index in [1.54, 1.807) is 18.2 Å². The van der Waals surface area contributed by atoms with Crippen LogP contribution in [0.4, 0.5) is 5.69 Å². The molecule has 5 rings (SSSR count). The van der Waals surface area contributed by atoms with Crippen molar-refractivity contribution in [3.05, 3.63) is 99.5 Å². The number of hydrogen-bond donors (Lipinski definition) is 3. The number of aliphatic hydroxyl groups is 2. The molecule has 0 aliphatic carbocycles. The molecule has 2 saturated heterocycles. The number of hydrogen-bond acceptors (Lipinski definition) is 7. The van der Waals surface area contributed by atoms with Crippen LogP contribution in [0.2, 0.25) is 10.0 Å². The second-order valence-electron chi connectivity index (χ2n) is 10.0. The molecule has 0 radical (unpaired) electrons. The monoisotopic (exact) mass is 621 g/mol. The van der Waals surface area contributed by atoms with Gasteiger partial charge in [0, 0.05) is 34.5 Å². The number of likely N-dealkylation sites (tertiary alicyclic amines) is 1. The lowest BCUT2D eigenvalue weighted by Crippen LogP contribution is -2.61. The Kier molecular flexibility index (Phi) is 8.41. The van der Waals surface area contributed by atoms with Crippen molar-refractivity contribution < 1.29 is 23.4 Å². The number of nitrogens with zero attached hydrogens (tertiary/aromatic N) is 2. The number of carbonyl (C=O) groups is 1. The van der Waals surface area contributed by atoms with E-state index in [-0.39, 0.29) is 17.6 Å². The van der Waals surface area contributed by atoms with Crippen LogP contribution in [-0.2, 0) is 10.0 Å². The van der Waals surface area contributed by atoms with E-state index >= 15 is 0 Å². The maximum atomic E-state index is 13.0. The third kappa shape index (κ3) is 6.28. The number of sulfonamides is 1. The fraction of sp³-hybridized carbons (Fsp3) is 0.321. The van der Waals surface area contributed by atoms with Crippen LogP contribution < -0.4 is 9.62 Å². The molecule has 1 atom stereocenters.